The number of carbonyl (C=O) groups excluding carboxylic acids is 1. The van der Waals surface area contributed by atoms with Gasteiger partial charge in [0.15, 0.2) is 0 Å². The Bertz CT molecular complexity index is 1320. The fourth-order valence-corrected chi connectivity index (χ4v) is 4.63. The van der Waals surface area contributed by atoms with Crippen molar-refractivity contribution in [2.75, 3.05) is 0 Å². The quantitative estimate of drug-likeness (QED) is 0.484. The van der Waals surface area contributed by atoms with Crippen molar-refractivity contribution in [3.63, 3.8) is 0 Å². The third kappa shape index (κ3) is 3.09. The minimum atomic E-state index is -0.401. The molecule has 0 bridgehead atoms. The zero-order valence-electron chi connectivity index (χ0n) is 15.8. The molecule has 0 saturated carbocycles. The van der Waals surface area contributed by atoms with Crippen molar-refractivity contribution in [1.29, 1.82) is 0 Å². The summed E-state index contributed by atoms with van der Waals surface area (Å²) >= 11 is 1.37. The Morgan fingerprint density at radius 1 is 1.24 bits per heavy atom. The lowest BCUT2D eigenvalue weighted by Gasteiger charge is -2.12. The van der Waals surface area contributed by atoms with Crippen LogP contribution in [0.2, 0.25) is 0 Å². The number of hydrogen-bond acceptors (Lipinski definition) is 7. The van der Waals surface area contributed by atoms with Crippen molar-refractivity contribution in [1.82, 2.24) is 19.6 Å². The summed E-state index contributed by atoms with van der Waals surface area (Å²) in [6.07, 6.45) is 3.42. The molecule has 0 atom stereocenters. The molecule has 0 unspecified atom stereocenters. The predicted octanol–water partition coefficient (Wildman–Crippen LogP) is 3.11. The molecule has 7 nitrogen and oxygen atoms in total. The average molecular weight is 406 g/mol. The van der Waals surface area contributed by atoms with Gasteiger partial charge in [0.05, 0.1) is 16.8 Å². The number of aryl methyl sites for hydroxylation is 2. The lowest BCUT2D eigenvalue weighted by Crippen LogP contribution is -2.17. The molecule has 1 aromatic carbocycles. The van der Waals surface area contributed by atoms with Crippen LogP contribution in [0.25, 0.3) is 15.9 Å². The molecule has 5 rings (SSSR count). The Kier molecular flexibility index (Phi) is 4.35. The van der Waals surface area contributed by atoms with Crippen molar-refractivity contribution in [2.45, 2.75) is 39.2 Å². The summed E-state index contributed by atoms with van der Waals surface area (Å²) in [5, 5.41) is 5.87. The summed E-state index contributed by atoms with van der Waals surface area (Å²) in [5.74, 6) is -0.401. The number of esters is 1. The minimum Gasteiger partial charge on any atom is -0.456 e. The van der Waals surface area contributed by atoms with Crippen molar-refractivity contribution in [3.05, 3.63) is 68.2 Å². The Balaban J connectivity index is 1.47. The SMILES string of the molecule is CCc1nn2c(=O)cc(COC(=O)c3c4c(nc5ccccc35)CCC4)nc2s1. The van der Waals surface area contributed by atoms with Gasteiger partial charge in [0.25, 0.3) is 5.56 Å². The van der Waals surface area contributed by atoms with E-state index in [1.54, 1.807) is 0 Å². The number of rotatable bonds is 4. The van der Waals surface area contributed by atoms with Gasteiger partial charge in [-0.05, 0) is 37.3 Å². The van der Waals surface area contributed by atoms with Gasteiger partial charge in [0.2, 0.25) is 4.96 Å². The molecule has 0 N–H and O–H groups in total. The summed E-state index contributed by atoms with van der Waals surface area (Å²) < 4.78 is 6.88. The summed E-state index contributed by atoms with van der Waals surface area (Å²) in [7, 11) is 0. The molecular formula is C21H18N4O3S. The third-order valence-electron chi connectivity index (χ3n) is 5.12. The molecule has 29 heavy (non-hydrogen) atoms. The van der Waals surface area contributed by atoms with Gasteiger partial charge in [-0.15, -0.1) is 0 Å². The first-order valence-corrected chi connectivity index (χ1v) is 10.4. The second-order valence-corrected chi connectivity index (χ2v) is 8.03. The van der Waals surface area contributed by atoms with Crippen LogP contribution in [0, 0.1) is 0 Å². The molecule has 1 aliphatic rings. The van der Waals surface area contributed by atoms with Gasteiger partial charge >= 0.3 is 5.97 Å². The smallest absolute Gasteiger partial charge is 0.339 e. The first kappa shape index (κ1) is 17.9. The van der Waals surface area contributed by atoms with Crippen LogP contribution in [-0.2, 0) is 30.6 Å². The topological polar surface area (TPSA) is 86.5 Å². The Labute approximate surface area is 170 Å². The van der Waals surface area contributed by atoms with E-state index in [4.69, 9.17) is 9.72 Å². The lowest BCUT2D eigenvalue weighted by atomic mass is 10.0. The zero-order chi connectivity index (χ0) is 20.0. The first-order valence-electron chi connectivity index (χ1n) is 9.60. The molecule has 0 radical (unpaired) electrons. The molecule has 3 heterocycles. The number of para-hydroxylation sites is 1. The van der Waals surface area contributed by atoms with Gasteiger partial charge in [-0.1, -0.05) is 36.5 Å². The molecule has 0 saturated heterocycles. The molecule has 4 aromatic rings. The standard InChI is InChI=1S/C21H18N4O3S/c1-2-17-24-25-18(26)10-12(22-21(25)29-17)11-28-20(27)19-13-6-3-4-8-15(13)23-16-9-5-7-14(16)19/h3-4,6,8,10H,2,5,7,9,11H2,1H3. The Morgan fingerprint density at radius 3 is 2.97 bits per heavy atom. The van der Waals surface area contributed by atoms with E-state index in [1.165, 1.54) is 21.9 Å². The highest BCUT2D eigenvalue weighted by Crippen LogP contribution is 2.30. The summed E-state index contributed by atoms with van der Waals surface area (Å²) in [6.45, 7) is 1.91. The van der Waals surface area contributed by atoms with E-state index in [0.717, 1.165) is 52.9 Å². The number of aromatic nitrogens is 4. The van der Waals surface area contributed by atoms with E-state index < -0.39 is 5.97 Å². The lowest BCUT2D eigenvalue weighted by molar-refractivity contribution is 0.0469. The number of carbonyl (C=O) groups is 1. The number of nitrogens with zero attached hydrogens (tertiary/aromatic N) is 4. The van der Waals surface area contributed by atoms with Gasteiger partial charge in [-0.3, -0.25) is 9.78 Å². The van der Waals surface area contributed by atoms with Gasteiger partial charge in [-0.2, -0.15) is 9.61 Å². The van der Waals surface area contributed by atoms with Crippen LogP contribution in [0.1, 0.15) is 45.7 Å². The molecule has 0 aliphatic heterocycles. The van der Waals surface area contributed by atoms with Crippen LogP contribution in [0.15, 0.2) is 35.1 Å². The van der Waals surface area contributed by atoms with Crippen LogP contribution >= 0.6 is 11.3 Å². The van der Waals surface area contributed by atoms with Gasteiger partial charge < -0.3 is 4.74 Å². The van der Waals surface area contributed by atoms with Gasteiger partial charge in [-0.25, -0.2) is 9.78 Å². The number of benzene rings is 1. The fourth-order valence-electron chi connectivity index (χ4n) is 3.77. The molecule has 0 fully saturated rings. The Morgan fingerprint density at radius 2 is 2.10 bits per heavy atom. The van der Waals surface area contributed by atoms with Crippen molar-refractivity contribution >= 4 is 33.2 Å². The molecule has 146 valence electrons. The maximum Gasteiger partial charge on any atom is 0.339 e. The molecule has 8 heteroatoms. The highest BCUT2D eigenvalue weighted by atomic mass is 32.1. The van der Waals surface area contributed by atoms with Gasteiger partial charge in [0, 0.05) is 17.1 Å². The van der Waals surface area contributed by atoms with Crippen LogP contribution in [-0.4, -0.2) is 25.6 Å². The van der Waals surface area contributed by atoms with E-state index >= 15 is 0 Å². The van der Waals surface area contributed by atoms with Crippen molar-refractivity contribution < 1.29 is 9.53 Å². The second kappa shape index (κ2) is 7.04. The van der Waals surface area contributed by atoms with E-state index in [1.807, 2.05) is 31.2 Å². The first-order chi connectivity index (χ1) is 14.1. The zero-order valence-corrected chi connectivity index (χ0v) is 16.7. The normalized spacial score (nSPS) is 13.1. The maximum absolute atomic E-state index is 13.0. The summed E-state index contributed by atoms with van der Waals surface area (Å²) in [6, 6.07) is 8.99. The Hall–Kier alpha value is -3.13. The number of fused-ring (bicyclic) bond motifs is 3. The van der Waals surface area contributed by atoms with E-state index in [2.05, 4.69) is 10.1 Å². The predicted molar refractivity (Wildman–Crippen MR) is 109 cm³/mol. The molecule has 3 aromatic heterocycles. The molecule has 0 spiro atoms. The van der Waals surface area contributed by atoms with Crippen molar-refractivity contribution in [2.24, 2.45) is 0 Å². The highest BCUT2D eigenvalue weighted by Gasteiger charge is 2.24. The monoisotopic (exact) mass is 406 g/mol. The third-order valence-corrected chi connectivity index (χ3v) is 6.17. The number of ether oxygens (including phenoxy) is 1. The van der Waals surface area contributed by atoms with E-state index in [-0.39, 0.29) is 12.2 Å². The van der Waals surface area contributed by atoms with Crippen molar-refractivity contribution in [3.8, 4) is 0 Å². The largest absolute Gasteiger partial charge is 0.456 e. The number of pyridine rings is 1. The highest BCUT2D eigenvalue weighted by molar-refractivity contribution is 7.16. The maximum atomic E-state index is 13.0. The van der Waals surface area contributed by atoms with Crippen LogP contribution in [0.5, 0.6) is 0 Å². The van der Waals surface area contributed by atoms with Crippen LogP contribution in [0.4, 0.5) is 0 Å². The number of hydrogen-bond donors (Lipinski definition) is 0. The molecule has 0 amide bonds. The van der Waals surface area contributed by atoms with Crippen LogP contribution in [0.3, 0.4) is 0 Å². The van der Waals surface area contributed by atoms with E-state index in [0.29, 0.717) is 16.2 Å². The minimum absolute atomic E-state index is 0.0602. The summed E-state index contributed by atoms with van der Waals surface area (Å²) in [5.41, 5.74) is 3.50. The second-order valence-electron chi connectivity index (χ2n) is 6.99. The molecular weight excluding hydrogens is 388 g/mol. The summed E-state index contributed by atoms with van der Waals surface area (Å²) in [4.78, 5) is 35.0. The van der Waals surface area contributed by atoms with Gasteiger partial charge in [0.1, 0.15) is 11.6 Å². The van der Waals surface area contributed by atoms with E-state index in [9.17, 15) is 9.59 Å². The average Bonchev–Trinajstić information content (AvgIpc) is 3.36. The van der Waals surface area contributed by atoms with Crippen LogP contribution < -0.4 is 5.56 Å². The fraction of sp³-hybridized carbons (Fsp3) is 0.286. The molecule has 1 aliphatic carbocycles.